The van der Waals surface area contributed by atoms with E-state index in [1.165, 1.54) is 38.0 Å². The first kappa shape index (κ1) is 58.5. The van der Waals surface area contributed by atoms with Gasteiger partial charge in [0.15, 0.2) is 11.6 Å². The van der Waals surface area contributed by atoms with Gasteiger partial charge >= 0.3 is 11.9 Å². The molecule has 73 heavy (non-hydrogen) atoms. The van der Waals surface area contributed by atoms with E-state index in [0.717, 1.165) is 12.3 Å². The van der Waals surface area contributed by atoms with E-state index in [0.29, 0.717) is 51.0 Å². The van der Waals surface area contributed by atoms with Crippen molar-refractivity contribution in [2.24, 2.45) is 11.8 Å². The highest BCUT2D eigenvalue weighted by Gasteiger charge is 2.43. The number of rotatable bonds is 6. The average molecular weight is 1060 g/mol. The van der Waals surface area contributed by atoms with Gasteiger partial charge in [-0.15, -0.1) is 0 Å². The number of hydrogen-bond donors (Lipinski definition) is 4. The number of phenols is 1. The molecule has 4 N–H and O–H groups in total. The molecule has 2 aromatic carbocycles. The van der Waals surface area contributed by atoms with Crippen molar-refractivity contribution in [2.45, 2.75) is 137 Å². The zero-order chi connectivity index (χ0) is 54.3. The summed E-state index contributed by atoms with van der Waals surface area (Å²) in [5, 5.41) is 43.0. The Bertz CT molecular complexity index is 3000. The maximum atomic E-state index is 13.4. The number of carbonyl (C=O) groups excluding carboxylic acids is 3. The van der Waals surface area contributed by atoms with E-state index < -0.39 is 91.8 Å². The monoisotopic (exact) mass is 1060 g/mol. The number of ether oxygens (including phenoxy) is 4. The number of carbonyl (C=O) groups is 3. The molecule has 19 heteroatoms. The first-order valence-corrected chi connectivity index (χ1v) is 27.5. The van der Waals surface area contributed by atoms with Gasteiger partial charge in [0.1, 0.15) is 84.2 Å². The fourth-order valence-corrected chi connectivity index (χ4v) is 9.46. The number of hydrogen-bond acceptors (Lipinski definition) is 17. The van der Waals surface area contributed by atoms with Crippen LogP contribution in [0.5, 0.6) is 5.75 Å². The summed E-state index contributed by atoms with van der Waals surface area (Å²) in [5.74, 6) is -3.01. The molecule has 1 saturated heterocycles. The Labute approximate surface area is 429 Å². The lowest BCUT2D eigenvalue weighted by Gasteiger charge is -2.22. The fourth-order valence-electron chi connectivity index (χ4n) is 8.31. The van der Waals surface area contributed by atoms with E-state index in [4.69, 9.17) is 29.2 Å². The fraction of sp³-hybridized carbons (Fsp3) is 0.500. The highest BCUT2D eigenvalue weighted by atomic mass is 32.2. The zero-order valence-corrected chi connectivity index (χ0v) is 43.9. The van der Waals surface area contributed by atoms with Gasteiger partial charge in [0.2, 0.25) is 0 Å². The molecule has 1 unspecified atom stereocenters. The zero-order valence-electron chi connectivity index (χ0n) is 43.3. The second kappa shape index (κ2) is 24.3. The van der Waals surface area contributed by atoms with Crippen molar-refractivity contribution < 1.29 is 80.8 Å². The quantitative estimate of drug-likeness (QED) is 0.106. The van der Waals surface area contributed by atoms with Gasteiger partial charge in [0.25, 0.3) is 0 Å². The molecule has 0 radical (unpaired) electrons. The van der Waals surface area contributed by atoms with Crippen molar-refractivity contribution in [3.8, 4) is 5.75 Å². The van der Waals surface area contributed by atoms with Gasteiger partial charge in [-0.1, -0.05) is 71.2 Å². The molecular formula is C54H72O17S2. The lowest BCUT2D eigenvalue weighted by Crippen LogP contribution is -2.34. The Balaban J connectivity index is 0.000000307. The summed E-state index contributed by atoms with van der Waals surface area (Å²) in [6.07, 6.45) is 9.77. The number of aliphatic hydroxyl groups excluding tert-OH is 3. The number of phenolic OH excluding ortho intramolecular Hbond substituents is 1. The van der Waals surface area contributed by atoms with Crippen LogP contribution in [0.1, 0.15) is 120 Å². The average Bonchev–Trinajstić information content (AvgIpc) is 4.01. The van der Waals surface area contributed by atoms with Crippen LogP contribution in [0.15, 0.2) is 69.6 Å². The van der Waals surface area contributed by atoms with Crippen molar-refractivity contribution in [2.75, 3.05) is 24.0 Å². The lowest BCUT2D eigenvalue weighted by atomic mass is 9.95. The minimum Gasteiger partial charge on any atom is -0.507 e. The molecule has 0 amide bonds. The number of furan rings is 2. The molecule has 2 aromatic heterocycles. The summed E-state index contributed by atoms with van der Waals surface area (Å²) in [4.78, 5) is 38.6. The largest absolute Gasteiger partial charge is 0.507 e. The van der Waals surface area contributed by atoms with Gasteiger partial charge in [-0.2, -0.15) is 0 Å². The topological polar surface area (TPSA) is 264 Å². The molecule has 3 aliphatic rings. The molecule has 5 heterocycles. The minimum atomic E-state index is -3.24. The van der Waals surface area contributed by atoms with E-state index in [9.17, 15) is 51.6 Å². The Kier molecular flexibility index (Phi) is 19.5. The standard InChI is InChI=1S/C28H36O8S.C24H28O9S.2CH4/c1-16-10-11-22(29)26-23(35-28(4,5)36-26)9-7-8-20-21-15-19(12-13-37(6,31)32)34-24(21)14-17(2)25(20)27(30)33-18(16)3;1-13-7-8-19(26)23(28)18(25)6-4-5-16-17-11-15(9-10-34(3,30)31)33-21(17)12-20(27)22(16)24(29)32-14(13)2;;/h7-8,10-11,14-16,18,22-23,26,29H,9,12-13H2,1-6H3;4-5,7-8,11-14,18,23,25,27-28H,6,9-10H2,1-3H3;2*1H4/b8-7?,11-10-;5-4+,8-7-;;/t16-,18+,22?,23+,26-;13-,14+,18+,23+;;/m11../s1/i;;1T;. The molecule has 9 atom stereocenters. The Morgan fingerprint density at radius 2 is 1.18 bits per heavy atom. The predicted molar refractivity (Wildman–Crippen MR) is 280 cm³/mol. The van der Waals surface area contributed by atoms with Gasteiger partial charge < -0.3 is 48.2 Å². The number of ketones is 1. The highest BCUT2D eigenvalue weighted by Crippen LogP contribution is 2.37. The van der Waals surface area contributed by atoms with Crippen LogP contribution in [-0.4, -0.2) is 128 Å². The first-order chi connectivity index (χ1) is 34.1. The molecule has 7 rings (SSSR count). The smallest absolute Gasteiger partial charge is 0.342 e. The Morgan fingerprint density at radius 1 is 0.685 bits per heavy atom. The van der Waals surface area contributed by atoms with E-state index in [2.05, 4.69) is 0 Å². The van der Waals surface area contributed by atoms with E-state index in [-0.39, 0.29) is 66.6 Å². The van der Waals surface area contributed by atoms with E-state index in [1.54, 1.807) is 38.1 Å². The van der Waals surface area contributed by atoms with Gasteiger partial charge in [-0.25, -0.2) is 26.4 Å². The van der Waals surface area contributed by atoms with E-state index >= 15 is 0 Å². The van der Waals surface area contributed by atoms with Gasteiger partial charge in [0, 0.05) is 61.0 Å². The van der Waals surface area contributed by atoms with Crippen molar-refractivity contribution in [3.05, 3.63) is 100 Å². The number of esters is 2. The number of aromatic hydroxyl groups is 1. The maximum Gasteiger partial charge on any atom is 0.342 e. The normalized spacial score (nSPS) is 27.3. The summed E-state index contributed by atoms with van der Waals surface area (Å²) in [6, 6.07) is 6.43. The lowest BCUT2D eigenvalue weighted by molar-refractivity contribution is -0.152. The van der Waals surface area contributed by atoms with Crippen LogP contribution in [0.25, 0.3) is 34.1 Å². The third-order valence-corrected chi connectivity index (χ3v) is 14.5. The number of benzene rings is 2. The van der Waals surface area contributed by atoms with Crippen LogP contribution in [0, 0.1) is 18.8 Å². The Morgan fingerprint density at radius 3 is 1.73 bits per heavy atom. The number of aryl methyl sites for hydroxylation is 3. The molecule has 4 aromatic rings. The maximum absolute atomic E-state index is 13.4. The van der Waals surface area contributed by atoms with Crippen LogP contribution in [0.2, 0.25) is 0 Å². The summed E-state index contributed by atoms with van der Waals surface area (Å²) in [5.41, 5.74) is 2.69. The van der Waals surface area contributed by atoms with Crippen molar-refractivity contribution in [1.29, 1.82) is 0 Å². The van der Waals surface area contributed by atoms with Crippen molar-refractivity contribution >= 4 is 71.5 Å². The van der Waals surface area contributed by atoms with Crippen LogP contribution in [-0.2, 0) is 56.3 Å². The molecule has 1 fully saturated rings. The number of sulfone groups is 2. The van der Waals surface area contributed by atoms with Crippen molar-refractivity contribution in [3.63, 3.8) is 0 Å². The van der Waals surface area contributed by atoms with Crippen LogP contribution in [0.3, 0.4) is 0 Å². The molecule has 0 spiro atoms. The summed E-state index contributed by atoms with van der Waals surface area (Å²) >= 11 is 0. The van der Waals surface area contributed by atoms with Crippen LogP contribution >= 0.6 is 0 Å². The molecule has 0 saturated carbocycles. The third-order valence-electron chi connectivity index (χ3n) is 12.6. The number of fused-ring (bicyclic) bond motifs is 7. The third kappa shape index (κ3) is 15.3. The molecule has 3 aliphatic heterocycles. The summed E-state index contributed by atoms with van der Waals surface area (Å²) in [6.45, 7) is 12.5. The predicted octanol–water partition coefficient (Wildman–Crippen LogP) is 7.81. The molecule has 17 nitrogen and oxygen atoms in total. The second-order valence-corrected chi connectivity index (χ2v) is 23.7. The van der Waals surface area contributed by atoms with Crippen LogP contribution in [0.4, 0.5) is 0 Å². The minimum absolute atomic E-state index is 0. The number of cyclic esters (lactones) is 2. The van der Waals surface area contributed by atoms with E-state index in [1.807, 2.05) is 52.8 Å². The molecule has 0 aliphatic carbocycles. The Hall–Kier alpha value is -5.41. The van der Waals surface area contributed by atoms with Crippen molar-refractivity contribution in [1.82, 2.24) is 0 Å². The molecule has 0 bridgehead atoms. The second-order valence-electron chi connectivity index (χ2n) is 19.2. The van der Waals surface area contributed by atoms with Gasteiger partial charge in [0.05, 0.1) is 29.3 Å². The molecular weight excluding hydrogens is 985 g/mol. The number of aliphatic hydroxyl groups is 3. The SMILES string of the molecule is C.C[C@@H]1/C=C\C(=O)[C@@H](O)[C@@H](O)C/C=C/c2c(c(O)cc3oc(CCS(C)(=O)=O)cc23)C(=O)O[C@H]1C.Cc1cc2oc(CCS(C)(=O)=O)cc2c2c1C(=O)O[C@@H](C)[C@H](C)/C=C\C(O)[C@H]1OC(C)(C)O[C@H]1CC=C2.[3H]C. The first-order valence-electron chi connectivity index (χ1n) is 24.4. The molecule has 402 valence electrons. The van der Waals surface area contributed by atoms with Gasteiger partial charge in [-0.3, -0.25) is 4.79 Å². The highest BCUT2D eigenvalue weighted by molar-refractivity contribution is 7.90. The van der Waals surface area contributed by atoms with Gasteiger partial charge in [-0.05, 0) is 82.9 Å². The van der Waals surface area contributed by atoms with Crippen LogP contribution < -0.4 is 0 Å². The summed E-state index contributed by atoms with van der Waals surface area (Å²) in [7, 11) is -5.15. The summed E-state index contributed by atoms with van der Waals surface area (Å²) < 4.78 is 87.3.